The number of amides is 2. The minimum absolute atomic E-state index is 0.0582. The minimum Gasteiger partial charge on any atom is -0.361 e. The van der Waals surface area contributed by atoms with E-state index in [1.54, 1.807) is 16.2 Å². The summed E-state index contributed by atoms with van der Waals surface area (Å²) in [4.78, 5) is 23.1. The molecule has 2 amide bonds. The number of hydrogen-bond donors (Lipinski definition) is 2. The molecule has 0 aliphatic rings. The number of H-pyrrole nitrogens is 1. The van der Waals surface area contributed by atoms with Crippen molar-refractivity contribution in [1.29, 1.82) is 0 Å². The number of aromatic amines is 1. The molecule has 5 nitrogen and oxygen atoms in total. The van der Waals surface area contributed by atoms with Crippen LogP contribution in [-0.4, -0.2) is 27.4 Å². The molecule has 0 bridgehead atoms. The van der Waals surface area contributed by atoms with E-state index in [9.17, 15) is 4.79 Å². The van der Waals surface area contributed by atoms with E-state index < -0.39 is 0 Å². The molecule has 0 aliphatic carbocycles. The van der Waals surface area contributed by atoms with Gasteiger partial charge in [0.15, 0.2) is 0 Å². The molecule has 0 aliphatic heterocycles. The van der Waals surface area contributed by atoms with Gasteiger partial charge in [-0.15, -0.1) is 11.3 Å². The lowest BCUT2D eigenvalue weighted by Gasteiger charge is -2.21. The number of aromatic nitrogens is 2. The predicted octanol–water partition coefficient (Wildman–Crippen LogP) is 3.97. The number of carbonyl (C=O) groups is 1. The quantitative estimate of drug-likeness (QED) is 0.737. The van der Waals surface area contributed by atoms with E-state index in [4.69, 9.17) is 0 Å². The second-order valence-corrected chi connectivity index (χ2v) is 7.11. The molecule has 0 saturated carbocycles. The van der Waals surface area contributed by atoms with Crippen molar-refractivity contribution < 1.29 is 4.79 Å². The average Bonchev–Trinajstić information content (AvgIpc) is 3.16. The molecule has 126 valence electrons. The topological polar surface area (TPSA) is 61.0 Å². The lowest BCUT2D eigenvalue weighted by Crippen LogP contribution is -2.39. The molecule has 0 atom stereocenters. The van der Waals surface area contributed by atoms with E-state index in [2.05, 4.69) is 33.5 Å². The van der Waals surface area contributed by atoms with E-state index in [-0.39, 0.29) is 6.03 Å². The van der Waals surface area contributed by atoms with Crippen molar-refractivity contribution in [2.75, 3.05) is 6.54 Å². The van der Waals surface area contributed by atoms with E-state index in [0.29, 0.717) is 19.6 Å². The van der Waals surface area contributed by atoms with Gasteiger partial charge in [-0.2, -0.15) is 0 Å². The molecule has 0 spiro atoms. The van der Waals surface area contributed by atoms with Crippen LogP contribution in [0.3, 0.4) is 0 Å². The number of urea groups is 1. The Balaban J connectivity index is 1.62. The number of hydrogen-bond acceptors (Lipinski definition) is 3. The molecular weight excluding hydrogens is 320 g/mol. The molecule has 3 aromatic rings. The zero-order valence-electron chi connectivity index (χ0n) is 14.2. The Morgan fingerprint density at radius 2 is 2.17 bits per heavy atom. The second-order valence-electron chi connectivity index (χ2n) is 5.82. The van der Waals surface area contributed by atoms with Crippen LogP contribution in [0.25, 0.3) is 10.9 Å². The van der Waals surface area contributed by atoms with Crippen molar-refractivity contribution in [1.82, 2.24) is 20.2 Å². The lowest BCUT2D eigenvalue weighted by atomic mass is 10.1. The van der Waals surface area contributed by atoms with Gasteiger partial charge < -0.3 is 15.2 Å². The maximum Gasteiger partial charge on any atom is 0.318 e. The van der Waals surface area contributed by atoms with Crippen molar-refractivity contribution in [2.24, 2.45) is 0 Å². The summed E-state index contributed by atoms with van der Waals surface area (Å²) in [7, 11) is 0. The summed E-state index contributed by atoms with van der Waals surface area (Å²) in [5.41, 5.74) is 3.28. The van der Waals surface area contributed by atoms with Crippen molar-refractivity contribution in [3.05, 3.63) is 51.6 Å². The molecule has 0 unspecified atom stereocenters. The maximum atomic E-state index is 12.4. The van der Waals surface area contributed by atoms with Crippen LogP contribution >= 0.6 is 11.3 Å². The first-order valence-electron chi connectivity index (χ1n) is 8.08. The van der Waals surface area contributed by atoms with Gasteiger partial charge in [-0.3, -0.25) is 0 Å². The number of carbonyl (C=O) groups excluding carboxylic acids is 1. The van der Waals surface area contributed by atoms with Gasteiger partial charge >= 0.3 is 6.03 Å². The number of nitrogens with one attached hydrogen (secondary N) is 2. The Labute approximate surface area is 145 Å². The second kappa shape index (κ2) is 7.05. The van der Waals surface area contributed by atoms with Gasteiger partial charge in [-0.05, 0) is 49.9 Å². The van der Waals surface area contributed by atoms with E-state index in [1.165, 1.54) is 4.88 Å². The van der Waals surface area contributed by atoms with Gasteiger partial charge in [-0.1, -0.05) is 6.07 Å². The molecule has 3 rings (SSSR count). The molecular formula is C18H22N4OS. The highest BCUT2D eigenvalue weighted by molar-refractivity contribution is 7.11. The fourth-order valence-electron chi connectivity index (χ4n) is 2.63. The monoisotopic (exact) mass is 342 g/mol. The van der Waals surface area contributed by atoms with Crippen LogP contribution in [0, 0.1) is 13.8 Å². The Kier molecular flexibility index (Phi) is 4.85. The fraction of sp³-hybridized carbons (Fsp3) is 0.333. The summed E-state index contributed by atoms with van der Waals surface area (Å²) in [6.07, 6.45) is 1.93. The van der Waals surface area contributed by atoms with Gasteiger partial charge in [0, 0.05) is 29.7 Å². The fourth-order valence-corrected chi connectivity index (χ4v) is 3.50. The number of aryl methyl sites for hydroxylation is 2. The highest BCUT2D eigenvalue weighted by Gasteiger charge is 2.13. The van der Waals surface area contributed by atoms with Crippen LogP contribution in [0.1, 0.15) is 28.1 Å². The van der Waals surface area contributed by atoms with Gasteiger partial charge in [-0.25, -0.2) is 9.78 Å². The van der Waals surface area contributed by atoms with Crippen molar-refractivity contribution in [2.45, 2.75) is 33.9 Å². The largest absolute Gasteiger partial charge is 0.361 e. The summed E-state index contributed by atoms with van der Waals surface area (Å²) >= 11 is 1.63. The van der Waals surface area contributed by atoms with E-state index in [0.717, 1.165) is 27.2 Å². The Hall–Kier alpha value is -2.34. The first-order valence-corrected chi connectivity index (χ1v) is 8.90. The first-order chi connectivity index (χ1) is 11.6. The molecule has 2 heterocycles. The summed E-state index contributed by atoms with van der Waals surface area (Å²) in [6.45, 7) is 7.77. The van der Waals surface area contributed by atoms with E-state index >= 15 is 0 Å². The third-order valence-corrected chi connectivity index (χ3v) is 5.20. The molecule has 0 saturated heterocycles. The summed E-state index contributed by atoms with van der Waals surface area (Å²) in [6, 6.07) is 8.22. The van der Waals surface area contributed by atoms with Gasteiger partial charge in [0.05, 0.1) is 12.2 Å². The number of nitrogens with zero attached hydrogens (tertiary/aromatic N) is 2. The van der Waals surface area contributed by atoms with Gasteiger partial charge in [0.2, 0.25) is 0 Å². The van der Waals surface area contributed by atoms with Gasteiger partial charge in [0.25, 0.3) is 0 Å². The van der Waals surface area contributed by atoms with Crippen LogP contribution < -0.4 is 5.32 Å². The highest BCUT2D eigenvalue weighted by Crippen LogP contribution is 2.17. The summed E-state index contributed by atoms with van der Waals surface area (Å²) < 4.78 is 0. The SMILES string of the molecule is CCN(Cc1ccc2[nH]ccc2c1)C(=O)NCc1nc(C)c(C)s1. The Bertz CT molecular complexity index is 832. The Morgan fingerprint density at radius 3 is 2.88 bits per heavy atom. The van der Waals surface area contributed by atoms with Crippen LogP contribution in [-0.2, 0) is 13.1 Å². The number of benzene rings is 1. The first kappa shape index (κ1) is 16.5. The van der Waals surface area contributed by atoms with Crippen LogP contribution in [0.15, 0.2) is 30.5 Å². The van der Waals surface area contributed by atoms with Crippen LogP contribution in [0.2, 0.25) is 0 Å². The standard InChI is InChI=1S/C18H22N4OS/c1-4-22(11-14-5-6-16-15(9-14)7-8-19-16)18(23)20-10-17-21-12(2)13(3)24-17/h5-9,19H,4,10-11H2,1-3H3,(H,20,23). The maximum absolute atomic E-state index is 12.4. The molecule has 24 heavy (non-hydrogen) atoms. The van der Waals surface area contributed by atoms with Crippen LogP contribution in [0.5, 0.6) is 0 Å². The summed E-state index contributed by atoms with van der Waals surface area (Å²) in [5, 5.41) is 5.08. The zero-order chi connectivity index (χ0) is 17.1. The Morgan fingerprint density at radius 1 is 1.33 bits per heavy atom. The molecule has 1 aromatic carbocycles. The van der Waals surface area contributed by atoms with Crippen molar-refractivity contribution >= 4 is 28.3 Å². The van der Waals surface area contributed by atoms with Crippen molar-refractivity contribution in [3.8, 4) is 0 Å². The smallest absolute Gasteiger partial charge is 0.318 e. The average molecular weight is 342 g/mol. The van der Waals surface area contributed by atoms with Crippen molar-refractivity contribution in [3.63, 3.8) is 0 Å². The summed E-state index contributed by atoms with van der Waals surface area (Å²) in [5.74, 6) is 0. The molecule has 6 heteroatoms. The highest BCUT2D eigenvalue weighted by atomic mass is 32.1. The van der Waals surface area contributed by atoms with E-state index in [1.807, 2.05) is 33.0 Å². The lowest BCUT2D eigenvalue weighted by molar-refractivity contribution is 0.197. The number of thiazole rings is 1. The minimum atomic E-state index is -0.0582. The molecule has 2 aromatic heterocycles. The molecule has 2 N–H and O–H groups in total. The number of rotatable bonds is 5. The zero-order valence-corrected chi connectivity index (χ0v) is 15.0. The third-order valence-electron chi connectivity index (χ3n) is 4.12. The normalized spacial score (nSPS) is 11.0. The number of fused-ring (bicyclic) bond motifs is 1. The molecule has 0 radical (unpaired) electrons. The predicted molar refractivity (Wildman–Crippen MR) is 98.2 cm³/mol. The van der Waals surface area contributed by atoms with Crippen LogP contribution in [0.4, 0.5) is 4.79 Å². The third kappa shape index (κ3) is 3.59. The molecule has 0 fully saturated rings. The van der Waals surface area contributed by atoms with Gasteiger partial charge in [0.1, 0.15) is 5.01 Å².